The van der Waals surface area contributed by atoms with Crippen LogP contribution in [0.4, 0.5) is 0 Å². The monoisotopic (exact) mass is 357 g/mol. The third kappa shape index (κ3) is 13.4. The third-order valence-corrected chi connectivity index (χ3v) is 1.49. The van der Waals surface area contributed by atoms with Gasteiger partial charge in [0.25, 0.3) is 0 Å². The molecule has 5 nitrogen and oxygen atoms in total. The lowest BCUT2D eigenvalue weighted by Gasteiger charge is -2.18. The number of guanidine groups is 1. The van der Waals surface area contributed by atoms with Gasteiger partial charge in [-0.15, -0.1) is 24.0 Å². The lowest BCUT2D eigenvalue weighted by molar-refractivity contribution is -0.152. The second-order valence-electron chi connectivity index (χ2n) is 5.06. The van der Waals surface area contributed by atoms with Crippen LogP contribution in [-0.4, -0.2) is 30.6 Å². The maximum atomic E-state index is 11.3. The van der Waals surface area contributed by atoms with Gasteiger partial charge in [0.05, 0.1) is 0 Å². The van der Waals surface area contributed by atoms with Gasteiger partial charge in [-0.25, -0.2) is 4.99 Å². The number of nitrogens with one attached hydrogen (secondary N) is 1. The highest BCUT2D eigenvalue weighted by molar-refractivity contribution is 14.0. The second kappa shape index (κ2) is 8.54. The first-order valence-electron chi connectivity index (χ1n) is 5.46. The van der Waals surface area contributed by atoms with Crippen molar-refractivity contribution in [3.8, 4) is 0 Å². The smallest absolute Gasteiger partial charge is 0.328 e. The summed E-state index contributed by atoms with van der Waals surface area (Å²) >= 11 is 0. The highest BCUT2D eigenvalue weighted by Crippen LogP contribution is 2.06. The number of carbonyl (C=O) groups is 1. The highest BCUT2D eigenvalue weighted by Gasteiger charge is 2.15. The number of halogens is 1. The standard InChI is InChI=1S/C11H23N3O2.HI/c1-8(2)6-13-10(12)14-7-9(15)16-11(3,4)5;/h8H,6-7H2,1-5H3,(H3,12,13,14);1H. The van der Waals surface area contributed by atoms with Crippen molar-refractivity contribution in [2.75, 3.05) is 13.1 Å². The molecule has 0 saturated heterocycles. The van der Waals surface area contributed by atoms with E-state index in [0.29, 0.717) is 5.92 Å². The van der Waals surface area contributed by atoms with Crippen LogP contribution in [-0.2, 0) is 9.53 Å². The van der Waals surface area contributed by atoms with Gasteiger partial charge in [0.2, 0.25) is 0 Å². The molecular formula is C11H24IN3O2. The van der Waals surface area contributed by atoms with Crippen molar-refractivity contribution in [3.63, 3.8) is 0 Å². The number of aliphatic imine (C=N–C) groups is 1. The van der Waals surface area contributed by atoms with E-state index in [0.717, 1.165) is 6.54 Å². The average molecular weight is 357 g/mol. The topological polar surface area (TPSA) is 76.7 Å². The fourth-order valence-corrected chi connectivity index (χ4v) is 0.888. The molecule has 3 N–H and O–H groups in total. The molecule has 0 aliphatic heterocycles. The van der Waals surface area contributed by atoms with Gasteiger partial charge >= 0.3 is 5.97 Å². The molecule has 0 heterocycles. The summed E-state index contributed by atoms with van der Waals surface area (Å²) < 4.78 is 5.08. The number of hydrogen-bond donors (Lipinski definition) is 2. The Hall–Kier alpha value is -0.530. The van der Waals surface area contributed by atoms with Crippen LogP contribution >= 0.6 is 24.0 Å². The molecule has 0 rings (SSSR count). The zero-order valence-corrected chi connectivity index (χ0v) is 13.6. The van der Waals surface area contributed by atoms with Crippen LogP contribution in [0.3, 0.4) is 0 Å². The fraction of sp³-hybridized carbons (Fsp3) is 0.818. The fourth-order valence-electron chi connectivity index (χ4n) is 0.888. The molecule has 0 aliphatic carbocycles. The second-order valence-corrected chi connectivity index (χ2v) is 5.06. The summed E-state index contributed by atoms with van der Waals surface area (Å²) in [6, 6.07) is 0. The number of nitrogens with zero attached hydrogens (tertiary/aromatic N) is 1. The molecule has 0 bridgehead atoms. The Morgan fingerprint density at radius 3 is 2.35 bits per heavy atom. The molecule has 102 valence electrons. The van der Waals surface area contributed by atoms with E-state index in [1.54, 1.807) is 0 Å². The Labute approximate surface area is 121 Å². The van der Waals surface area contributed by atoms with Crippen molar-refractivity contribution in [2.24, 2.45) is 16.6 Å². The van der Waals surface area contributed by atoms with Gasteiger partial charge in [0.1, 0.15) is 12.1 Å². The van der Waals surface area contributed by atoms with Crippen molar-refractivity contribution >= 4 is 35.9 Å². The van der Waals surface area contributed by atoms with Crippen molar-refractivity contribution in [2.45, 2.75) is 40.2 Å². The first-order valence-corrected chi connectivity index (χ1v) is 5.46. The van der Waals surface area contributed by atoms with E-state index in [1.165, 1.54) is 0 Å². The summed E-state index contributed by atoms with van der Waals surface area (Å²) in [6.45, 7) is 10.3. The predicted molar refractivity (Wildman–Crippen MR) is 80.6 cm³/mol. The average Bonchev–Trinajstić information content (AvgIpc) is 2.08. The summed E-state index contributed by atoms with van der Waals surface area (Å²) in [5.74, 6) is 0.386. The van der Waals surface area contributed by atoms with Crippen LogP contribution < -0.4 is 11.1 Å². The first kappa shape index (κ1) is 18.8. The molecule has 0 unspecified atom stereocenters. The molecule has 0 aliphatic rings. The van der Waals surface area contributed by atoms with Gasteiger partial charge in [-0.2, -0.15) is 0 Å². The molecule has 0 aromatic rings. The quantitative estimate of drug-likeness (QED) is 0.346. The molecule has 0 aromatic heterocycles. The van der Waals surface area contributed by atoms with E-state index in [-0.39, 0.29) is 42.5 Å². The van der Waals surface area contributed by atoms with Crippen LogP contribution in [0.25, 0.3) is 0 Å². The molecule has 0 fully saturated rings. The number of ether oxygens (including phenoxy) is 1. The van der Waals surface area contributed by atoms with Gasteiger partial charge in [-0.05, 0) is 26.7 Å². The Bertz CT molecular complexity index is 260. The normalized spacial score (nSPS) is 12.0. The number of hydrogen-bond acceptors (Lipinski definition) is 3. The maximum Gasteiger partial charge on any atom is 0.328 e. The van der Waals surface area contributed by atoms with Crippen LogP contribution in [0, 0.1) is 5.92 Å². The minimum absolute atomic E-state index is 0. The summed E-state index contributed by atoms with van der Waals surface area (Å²) in [5, 5.41) is 2.92. The molecule has 0 atom stereocenters. The number of rotatable bonds is 4. The Kier molecular flexibility index (Phi) is 9.46. The Balaban J connectivity index is 0. The zero-order chi connectivity index (χ0) is 12.8. The molecule has 6 heteroatoms. The number of carbonyl (C=O) groups excluding carboxylic acids is 1. The van der Waals surface area contributed by atoms with Gasteiger partial charge in [0, 0.05) is 6.54 Å². The van der Waals surface area contributed by atoms with Crippen LogP contribution in [0.1, 0.15) is 34.6 Å². The van der Waals surface area contributed by atoms with E-state index in [9.17, 15) is 4.79 Å². The first-order chi connectivity index (χ1) is 7.20. The third-order valence-electron chi connectivity index (χ3n) is 1.49. The summed E-state index contributed by atoms with van der Waals surface area (Å²) in [6.07, 6.45) is 0. The minimum Gasteiger partial charge on any atom is -0.459 e. The lowest BCUT2D eigenvalue weighted by atomic mass is 10.2. The van der Waals surface area contributed by atoms with Crippen LogP contribution in [0.5, 0.6) is 0 Å². The Morgan fingerprint density at radius 1 is 1.41 bits per heavy atom. The highest BCUT2D eigenvalue weighted by atomic mass is 127. The SMILES string of the molecule is CC(C)CNC(N)=NCC(=O)OC(C)(C)C.I. The summed E-state index contributed by atoms with van der Waals surface area (Å²) in [5.41, 5.74) is 5.09. The summed E-state index contributed by atoms with van der Waals surface area (Å²) in [7, 11) is 0. The van der Waals surface area contributed by atoms with E-state index >= 15 is 0 Å². The van der Waals surface area contributed by atoms with E-state index in [4.69, 9.17) is 10.5 Å². The molecule has 0 radical (unpaired) electrons. The van der Waals surface area contributed by atoms with Crippen molar-refractivity contribution in [3.05, 3.63) is 0 Å². The van der Waals surface area contributed by atoms with Crippen LogP contribution in [0.15, 0.2) is 4.99 Å². The minimum atomic E-state index is -0.479. The van der Waals surface area contributed by atoms with E-state index in [2.05, 4.69) is 24.2 Å². The van der Waals surface area contributed by atoms with Gasteiger partial charge in [0.15, 0.2) is 5.96 Å². The van der Waals surface area contributed by atoms with Gasteiger partial charge in [-0.1, -0.05) is 13.8 Å². The molecule has 0 saturated carbocycles. The van der Waals surface area contributed by atoms with Crippen molar-refractivity contribution in [1.29, 1.82) is 0 Å². The molecule has 0 spiro atoms. The zero-order valence-electron chi connectivity index (χ0n) is 11.2. The van der Waals surface area contributed by atoms with E-state index in [1.807, 2.05) is 20.8 Å². The van der Waals surface area contributed by atoms with Gasteiger partial charge < -0.3 is 15.8 Å². The molecule has 0 aromatic carbocycles. The predicted octanol–water partition coefficient (Wildman–Crippen LogP) is 1.51. The van der Waals surface area contributed by atoms with Crippen molar-refractivity contribution in [1.82, 2.24) is 5.32 Å². The Morgan fingerprint density at radius 2 is 1.94 bits per heavy atom. The number of esters is 1. The maximum absolute atomic E-state index is 11.3. The molecular weight excluding hydrogens is 333 g/mol. The molecule has 0 amide bonds. The largest absolute Gasteiger partial charge is 0.459 e. The van der Waals surface area contributed by atoms with Crippen LogP contribution in [0.2, 0.25) is 0 Å². The summed E-state index contributed by atoms with van der Waals surface area (Å²) in [4.78, 5) is 15.2. The number of nitrogens with two attached hydrogens (primary N) is 1. The molecule has 17 heavy (non-hydrogen) atoms. The van der Waals surface area contributed by atoms with Crippen molar-refractivity contribution < 1.29 is 9.53 Å². The lowest BCUT2D eigenvalue weighted by Crippen LogP contribution is -2.35. The van der Waals surface area contributed by atoms with Gasteiger partial charge in [-0.3, -0.25) is 4.79 Å². The van der Waals surface area contributed by atoms with E-state index < -0.39 is 5.60 Å².